The number of pyridine rings is 1. The minimum absolute atomic E-state index is 0.101. The topological polar surface area (TPSA) is 103 Å². The summed E-state index contributed by atoms with van der Waals surface area (Å²) in [6, 6.07) is 6.09. The first-order chi connectivity index (χ1) is 15.8. The molecule has 0 radical (unpaired) electrons. The van der Waals surface area contributed by atoms with E-state index in [0.29, 0.717) is 30.2 Å². The van der Waals surface area contributed by atoms with Gasteiger partial charge in [0.2, 0.25) is 0 Å². The number of rotatable bonds is 10. The van der Waals surface area contributed by atoms with Crippen LogP contribution in [-0.2, 0) is 14.2 Å². The molecule has 1 N–H and O–H groups in total. The highest BCUT2D eigenvalue weighted by Gasteiger charge is 2.29. The van der Waals surface area contributed by atoms with Crippen molar-refractivity contribution >= 4 is 18.1 Å². The molecule has 33 heavy (non-hydrogen) atoms. The van der Waals surface area contributed by atoms with Crippen molar-refractivity contribution < 1.29 is 19.3 Å². The van der Waals surface area contributed by atoms with Crippen LogP contribution in [0.3, 0.4) is 0 Å². The predicted molar refractivity (Wildman–Crippen MR) is 126 cm³/mol. The van der Waals surface area contributed by atoms with E-state index in [1.54, 1.807) is 40.3 Å². The van der Waals surface area contributed by atoms with E-state index in [2.05, 4.69) is 27.8 Å². The third-order valence-electron chi connectivity index (χ3n) is 5.16. The maximum Gasteiger partial charge on any atom is 0.138 e. The van der Waals surface area contributed by atoms with Crippen molar-refractivity contribution in [3.63, 3.8) is 0 Å². The number of nitriles is 1. The monoisotopic (exact) mass is 453 g/mol. The van der Waals surface area contributed by atoms with Gasteiger partial charge in [0.15, 0.2) is 0 Å². The number of aliphatic hydroxyl groups is 1. The lowest BCUT2D eigenvalue weighted by molar-refractivity contribution is 0.00375. The van der Waals surface area contributed by atoms with Crippen LogP contribution in [0.2, 0.25) is 0 Å². The number of hydrogen-bond acceptors (Lipinski definition) is 9. The number of aromatic nitrogens is 1. The summed E-state index contributed by atoms with van der Waals surface area (Å²) >= 11 is 0. The van der Waals surface area contributed by atoms with Gasteiger partial charge in [0.05, 0.1) is 48.5 Å². The summed E-state index contributed by atoms with van der Waals surface area (Å²) < 4.78 is 16.5. The van der Waals surface area contributed by atoms with Crippen molar-refractivity contribution in [3.05, 3.63) is 53.2 Å². The summed E-state index contributed by atoms with van der Waals surface area (Å²) in [4.78, 5) is 6.76. The van der Waals surface area contributed by atoms with E-state index in [1.807, 2.05) is 18.2 Å². The van der Waals surface area contributed by atoms with E-state index in [0.717, 1.165) is 30.0 Å². The normalized spacial score (nSPS) is 18.2. The zero-order valence-electron chi connectivity index (χ0n) is 19.6. The molecule has 0 saturated carbocycles. The summed E-state index contributed by atoms with van der Waals surface area (Å²) in [6.45, 7) is 11.5. The molecule has 0 amide bonds. The molecule has 3 rings (SSSR count). The molecule has 9 nitrogen and oxygen atoms in total. The van der Waals surface area contributed by atoms with Crippen LogP contribution in [-0.4, -0.2) is 73.5 Å². The molecule has 9 heteroatoms. The van der Waals surface area contributed by atoms with Crippen molar-refractivity contribution in [1.29, 1.82) is 5.26 Å². The quantitative estimate of drug-likeness (QED) is 0.328. The van der Waals surface area contributed by atoms with Crippen LogP contribution in [0.4, 0.5) is 5.82 Å². The van der Waals surface area contributed by atoms with Gasteiger partial charge in [-0.25, -0.2) is 9.99 Å². The number of nitrogens with zero attached hydrogens (tertiary/aromatic N) is 5. The van der Waals surface area contributed by atoms with E-state index < -0.39 is 5.60 Å². The van der Waals surface area contributed by atoms with Gasteiger partial charge >= 0.3 is 0 Å². The zero-order valence-corrected chi connectivity index (χ0v) is 19.6. The van der Waals surface area contributed by atoms with Crippen LogP contribution >= 0.6 is 0 Å². The molecule has 2 aliphatic heterocycles. The molecular formula is C24H31N5O4. The molecule has 176 valence electrons. The molecular weight excluding hydrogens is 422 g/mol. The number of hydrazone groups is 1. The van der Waals surface area contributed by atoms with Gasteiger partial charge in [-0.1, -0.05) is 0 Å². The smallest absolute Gasteiger partial charge is 0.138 e. The van der Waals surface area contributed by atoms with Crippen molar-refractivity contribution in [2.24, 2.45) is 5.10 Å². The zero-order chi connectivity index (χ0) is 24.0. The van der Waals surface area contributed by atoms with Crippen LogP contribution in [0, 0.1) is 11.3 Å². The van der Waals surface area contributed by atoms with Gasteiger partial charge in [0, 0.05) is 44.3 Å². The van der Waals surface area contributed by atoms with Crippen LogP contribution in [0.1, 0.15) is 26.3 Å². The molecule has 1 fully saturated rings. The van der Waals surface area contributed by atoms with E-state index in [1.165, 1.54) is 5.01 Å². The van der Waals surface area contributed by atoms with Gasteiger partial charge < -0.3 is 24.2 Å². The fourth-order valence-corrected chi connectivity index (χ4v) is 3.41. The SMILES string of the molecule is C=NN1C=C(OCC(C)(C)O)C=C(c2ccc(N3CC(OCCOC)C3)nc2)/C1=C(/C)C#N. The lowest BCUT2D eigenvalue weighted by atomic mass is 9.98. The number of anilines is 1. The van der Waals surface area contributed by atoms with Gasteiger partial charge in [0.1, 0.15) is 18.2 Å². The highest BCUT2D eigenvalue weighted by molar-refractivity contribution is 5.83. The fourth-order valence-electron chi connectivity index (χ4n) is 3.41. The molecule has 0 aromatic carbocycles. The Morgan fingerprint density at radius 2 is 2.12 bits per heavy atom. The Morgan fingerprint density at radius 3 is 2.70 bits per heavy atom. The Morgan fingerprint density at radius 1 is 1.36 bits per heavy atom. The third-order valence-corrected chi connectivity index (χ3v) is 5.16. The Labute approximate surface area is 194 Å². The third kappa shape index (κ3) is 6.20. The number of hydrogen-bond donors (Lipinski definition) is 1. The molecule has 0 atom stereocenters. The van der Waals surface area contributed by atoms with E-state index in [4.69, 9.17) is 14.2 Å². The second-order valence-electron chi connectivity index (χ2n) is 8.56. The average Bonchev–Trinajstić information content (AvgIpc) is 2.77. The summed E-state index contributed by atoms with van der Waals surface area (Å²) in [7, 11) is 1.66. The van der Waals surface area contributed by atoms with Gasteiger partial charge in [-0.05, 0) is 39.0 Å². The van der Waals surface area contributed by atoms with Crippen LogP contribution in [0.5, 0.6) is 0 Å². The van der Waals surface area contributed by atoms with Gasteiger partial charge in [0.25, 0.3) is 0 Å². The van der Waals surface area contributed by atoms with Crippen molar-refractivity contribution in [3.8, 4) is 6.07 Å². The first kappa shape index (κ1) is 24.5. The Bertz CT molecular complexity index is 980. The minimum atomic E-state index is -0.995. The second kappa shape index (κ2) is 10.6. The van der Waals surface area contributed by atoms with Crippen LogP contribution < -0.4 is 4.90 Å². The van der Waals surface area contributed by atoms with Gasteiger partial charge in [-0.3, -0.25) is 0 Å². The highest BCUT2D eigenvalue weighted by atomic mass is 16.5. The van der Waals surface area contributed by atoms with E-state index >= 15 is 0 Å². The molecule has 0 unspecified atom stereocenters. The first-order valence-electron chi connectivity index (χ1n) is 10.7. The molecule has 0 spiro atoms. The van der Waals surface area contributed by atoms with Gasteiger partial charge in [-0.15, -0.1) is 0 Å². The first-order valence-corrected chi connectivity index (χ1v) is 10.7. The van der Waals surface area contributed by atoms with Crippen LogP contribution in [0.25, 0.3) is 5.57 Å². The van der Waals surface area contributed by atoms with Gasteiger partial charge in [-0.2, -0.15) is 10.4 Å². The van der Waals surface area contributed by atoms with Crippen molar-refractivity contribution in [1.82, 2.24) is 9.99 Å². The molecule has 1 saturated heterocycles. The lowest BCUT2D eigenvalue weighted by Crippen LogP contribution is -2.53. The summed E-state index contributed by atoms with van der Waals surface area (Å²) in [5.41, 5.74) is 1.63. The van der Waals surface area contributed by atoms with Crippen LogP contribution in [0.15, 0.2) is 52.7 Å². The van der Waals surface area contributed by atoms with Crippen molar-refractivity contribution in [2.45, 2.75) is 32.5 Å². The maximum absolute atomic E-state index is 10.0. The summed E-state index contributed by atoms with van der Waals surface area (Å²) in [5, 5.41) is 25.1. The summed E-state index contributed by atoms with van der Waals surface area (Å²) in [5.74, 6) is 1.36. The Kier molecular flexibility index (Phi) is 7.87. The molecule has 0 aliphatic carbocycles. The standard InChI is InChI=1S/C24H31N5O4/c1-17(11-25)23-21(10-19(15-29(23)26-4)33-16-24(2,3)30)18-6-7-22(27-12-18)28-13-20(14-28)32-9-8-31-5/h6-7,10,12,15,20,30H,4,8-9,13-14,16H2,1-3,5H3/b23-17+. The maximum atomic E-state index is 10.0. The molecule has 1 aromatic heterocycles. The molecule has 1 aromatic rings. The molecule has 3 heterocycles. The Hall–Kier alpha value is -3.19. The Balaban J connectivity index is 1.81. The van der Waals surface area contributed by atoms with E-state index in [-0.39, 0.29) is 12.7 Å². The minimum Gasteiger partial charge on any atom is -0.489 e. The van der Waals surface area contributed by atoms with Crippen molar-refractivity contribution in [2.75, 3.05) is 44.9 Å². The fraction of sp³-hybridized carbons (Fsp3) is 0.458. The average molecular weight is 454 g/mol. The second-order valence-corrected chi connectivity index (χ2v) is 8.56. The number of methoxy groups -OCH3 is 1. The van der Waals surface area contributed by atoms with E-state index in [9.17, 15) is 10.4 Å². The summed E-state index contributed by atoms with van der Waals surface area (Å²) in [6.07, 6.45) is 5.42. The molecule has 0 bridgehead atoms. The highest BCUT2D eigenvalue weighted by Crippen LogP contribution is 2.35. The number of allylic oxidation sites excluding steroid dienone is 3. The molecule has 2 aliphatic rings. The largest absolute Gasteiger partial charge is 0.489 e. The lowest BCUT2D eigenvalue weighted by Gasteiger charge is -2.39. The predicted octanol–water partition coefficient (Wildman–Crippen LogP) is 2.67. The number of ether oxygens (including phenoxy) is 3.